The quantitative estimate of drug-likeness (QED) is 0.150. The van der Waals surface area contributed by atoms with Crippen molar-refractivity contribution in [2.75, 3.05) is 17.2 Å². The Balaban J connectivity index is 1.40. The molecule has 0 aromatic heterocycles. The minimum Gasteiger partial charge on any atom is -0.355 e. The van der Waals surface area contributed by atoms with Crippen LogP contribution < -0.4 is 16.0 Å². The van der Waals surface area contributed by atoms with Gasteiger partial charge in [0.05, 0.1) is 17.5 Å². The highest BCUT2D eigenvalue weighted by molar-refractivity contribution is 7.80. The molecule has 0 spiro atoms. The van der Waals surface area contributed by atoms with E-state index in [2.05, 4.69) is 16.0 Å². The van der Waals surface area contributed by atoms with Crippen molar-refractivity contribution in [3.8, 4) is 0 Å². The zero-order valence-corrected chi connectivity index (χ0v) is 22.9. The maximum absolute atomic E-state index is 13.0. The molecular weight excluding hydrogens is 584 g/mol. The molecule has 4 rings (SSSR count). The Labute approximate surface area is 238 Å². The van der Waals surface area contributed by atoms with Crippen LogP contribution in [0, 0.1) is 5.92 Å². The summed E-state index contributed by atoms with van der Waals surface area (Å²) in [5, 5.41) is 9.97. The highest BCUT2D eigenvalue weighted by Gasteiger charge is 2.67. The number of rotatable bonds is 7. The fraction of sp³-hybridized carbons (Fsp3) is 0.160. The van der Waals surface area contributed by atoms with Crippen molar-refractivity contribution >= 4 is 98.4 Å². The molecule has 3 aromatic carbocycles. The van der Waals surface area contributed by atoms with Crippen LogP contribution in [0.1, 0.15) is 21.8 Å². The lowest BCUT2D eigenvalue weighted by molar-refractivity contribution is -0.117. The van der Waals surface area contributed by atoms with Crippen LogP contribution in [-0.2, 0) is 4.79 Å². The minimum absolute atomic E-state index is 0.0948. The SMILES string of the molecule is O=C(CNC(=S)Nc1ccccc1)c1cc(NC(=O)C2C(c3cc(Cl)cc(Cl)c3)C2(Cl)Cl)ccc1Cl. The summed E-state index contributed by atoms with van der Waals surface area (Å²) < 4.78 is -1.32. The number of carbonyl (C=O) groups excluding carboxylic acids is 2. The second kappa shape index (κ2) is 11.1. The van der Waals surface area contributed by atoms with Crippen LogP contribution in [-0.4, -0.2) is 27.7 Å². The molecule has 1 aliphatic carbocycles. The molecule has 1 aliphatic rings. The van der Waals surface area contributed by atoms with Crippen molar-refractivity contribution in [1.29, 1.82) is 0 Å². The maximum atomic E-state index is 13.0. The van der Waals surface area contributed by atoms with Gasteiger partial charge < -0.3 is 16.0 Å². The average Bonchev–Trinajstić information content (AvgIpc) is 3.41. The van der Waals surface area contributed by atoms with Crippen molar-refractivity contribution in [3.05, 3.63) is 92.9 Å². The summed E-state index contributed by atoms with van der Waals surface area (Å²) in [6, 6.07) is 18.9. The van der Waals surface area contributed by atoms with E-state index in [0.717, 1.165) is 5.69 Å². The van der Waals surface area contributed by atoms with E-state index in [4.69, 9.17) is 70.2 Å². The summed E-state index contributed by atoms with van der Waals surface area (Å²) in [6.07, 6.45) is 0. The van der Waals surface area contributed by atoms with Crippen molar-refractivity contribution in [1.82, 2.24) is 5.32 Å². The first-order chi connectivity index (χ1) is 17.1. The van der Waals surface area contributed by atoms with Crippen LogP contribution in [0.2, 0.25) is 15.1 Å². The van der Waals surface area contributed by atoms with Crippen LogP contribution in [0.4, 0.5) is 11.4 Å². The lowest BCUT2D eigenvalue weighted by Gasteiger charge is -2.12. The molecular formula is C25H18Cl5N3O2S. The van der Waals surface area contributed by atoms with E-state index >= 15 is 0 Å². The molecule has 36 heavy (non-hydrogen) atoms. The first kappa shape index (κ1) is 27.0. The summed E-state index contributed by atoms with van der Waals surface area (Å²) in [7, 11) is 0. The van der Waals surface area contributed by atoms with Gasteiger partial charge in [-0.3, -0.25) is 9.59 Å². The number of alkyl halides is 2. The molecule has 0 radical (unpaired) electrons. The molecule has 3 aromatic rings. The Morgan fingerprint density at radius 3 is 2.19 bits per heavy atom. The molecule has 3 N–H and O–H groups in total. The van der Waals surface area contributed by atoms with Gasteiger partial charge in [-0.05, 0) is 66.3 Å². The van der Waals surface area contributed by atoms with Gasteiger partial charge in [-0.1, -0.05) is 53.0 Å². The van der Waals surface area contributed by atoms with Crippen LogP contribution >= 0.6 is 70.2 Å². The lowest BCUT2D eigenvalue weighted by atomic mass is 10.1. The highest BCUT2D eigenvalue weighted by atomic mass is 35.5. The number of anilines is 2. The van der Waals surface area contributed by atoms with E-state index < -0.39 is 22.1 Å². The fourth-order valence-corrected chi connectivity index (χ4v) is 5.60. The highest BCUT2D eigenvalue weighted by Crippen LogP contribution is 2.65. The van der Waals surface area contributed by atoms with Gasteiger partial charge in [0.2, 0.25) is 5.91 Å². The molecule has 2 atom stereocenters. The molecule has 1 fully saturated rings. The van der Waals surface area contributed by atoms with Gasteiger partial charge in [0.25, 0.3) is 0 Å². The number of carbonyl (C=O) groups is 2. The number of nitrogens with one attached hydrogen (secondary N) is 3. The van der Waals surface area contributed by atoms with Gasteiger partial charge >= 0.3 is 0 Å². The van der Waals surface area contributed by atoms with Crippen LogP contribution in [0.5, 0.6) is 0 Å². The monoisotopic (exact) mass is 599 g/mol. The van der Waals surface area contributed by atoms with E-state index in [0.29, 0.717) is 21.3 Å². The van der Waals surface area contributed by atoms with E-state index in [1.54, 1.807) is 24.3 Å². The smallest absolute Gasteiger partial charge is 0.231 e. The first-order valence-corrected chi connectivity index (χ1v) is 12.9. The molecule has 0 aliphatic heterocycles. The van der Waals surface area contributed by atoms with Crippen LogP contribution in [0.3, 0.4) is 0 Å². The third-order valence-corrected chi connectivity index (χ3v) is 7.51. The predicted octanol–water partition coefficient (Wildman–Crippen LogP) is 7.34. The maximum Gasteiger partial charge on any atom is 0.231 e. The molecule has 5 nitrogen and oxygen atoms in total. The number of benzene rings is 3. The third-order valence-electron chi connectivity index (χ3n) is 5.56. The van der Waals surface area contributed by atoms with Gasteiger partial charge in [0, 0.05) is 32.9 Å². The Morgan fingerprint density at radius 2 is 1.53 bits per heavy atom. The largest absolute Gasteiger partial charge is 0.355 e. The number of amides is 1. The zero-order chi connectivity index (χ0) is 26.0. The van der Waals surface area contributed by atoms with Crippen molar-refractivity contribution in [3.63, 3.8) is 0 Å². The topological polar surface area (TPSA) is 70.2 Å². The molecule has 0 heterocycles. The molecule has 186 valence electrons. The van der Waals surface area contributed by atoms with Gasteiger partial charge in [0.1, 0.15) is 4.33 Å². The van der Waals surface area contributed by atoms with Gasteiger partial charge in [-0.15, -0.1) is 23.2 Å². The summed E-state index contributed by atoms with van der Waals surface area (Å²) in [5.74, 6) is -1.95. The van der Waals surface area contributed by atoms with Gasteiger partial charge in [-0.2, -0.15) is 0 Å². The molecule has 1 saturated carbocycles. The number of hydrogen-bond acceptors (Lipinski definition) is 3. The van der Waals surface area contributed by atoms with Crippen molar-refractivity contribution in [2.24, 2.45) is 5.92 Å². The third kappa shape index (κ3) is 6.25. The van der Waals surface area contributed by atoms with Crippen LogP contribution in [0.15, 0.2) is 66.7 Å². The number of halogens is 5. The van der Waals surface area contributed by atoms with E-state index in [1.165, 1.54) is 12.1 Å². The van der Waals surface area contributed by atoms with Gasteiger partial charge in [0.15, 0.2) is 10.9 Å². The standard InChI is InChI=1S/C25H18Cl5N3O2S/c26-14-8-13(9-15(27)10-14)21-22(25(21,29)30)23(35)32-17-6-7-19(28)18(11-17)20(34)12-31-24(36)33-16-4-2-1-3-5-16/h1-11,21-22H,12H2,(H,32,35)(H2,31,33,36). The molecule has 1 amide bonds. The summed E-state index contributed by atoms with van der Waals surface area (Å²) in [6.45, 7) is -0.0948. The van der Waals surface area contributed by atoms with Crippen molar-refractivity contribution in [2.45, 2.75) is 10.3 Å². The summed E-state index contributed by atoms with van der Waals surface area (Å²) in [5.41, 5.74) is 2.05. The normalized spacial score (nSPS) is 17.7. The predicted molar refractivity (Wildman–Crippen MR) is 152 cm³/mol. The van der Waals surface area contributed by atoms with E-state index in [9.17, 15) is 9.59 Å². The second-order valence-corrected chi connectivity index (χ2v) is 11.2. The average molecular weight is 602 g/mol. The van der Waals surface area contributed by atoms with Crippen molar-refractivity contribution < 1.29 is 9.59 Å². The van der Waals surface area contributed by atoms with E-state index in [-0.39, 0.29) is 28.0 Å². The zero-order valence-electron chi connectivity index (χ0n) is 18.3. The molecule has 11 heteroatoms. The Morgan fingerprint density at radius 1 is 0.861 bits per heavy atom. The number of Topliss-reactive ketones (excluding diaryl/α,β-unsaturated/α-hetero) is 1. The Hall–Kier alpha value is -2.06. The van der Waals surface area contributed by atoms with Crippen LogP contribution in [0.25, 0.3) is 0 Å². The number of thiocarbonyl (C=S) groups is 1. The van der Waals surface area contributed by atoms with E-state index in [1.807, 2.05) is 30.3 Å². The number of ketones is 1. The Bertz CT molecular complexity index is 1320. The molecule has 0 bridgehead atoms. The fourth-order valence-electron chi connectivity index (χ4n) is 3.81. The number of para-hydroxylation sites is 1. The minimum atomic E-state index is -1.32. The second-order valence-electron chi connectivity index (χ2n) is 8.11. The molecule has 2 unspecified atom stereocenters. The summed E-state index contributed by atoms with van der Waals surface area (Å²) in [4.78, 5) is 25.8. The molecule has 0 saturated heterocycles. The number of hydrogen-bond donors (Lipinski definition) is 3. The van der Waals surface area contributed by atoms with Gasteiger partial charge in [-0.25, -0.2) is 0 Å². The summed E-state index contributed by atoms with van der Waals surface area (Å²) >= 11 is 36.5. The Kier molecular flexibility index (Phi) is 8.35. The first-order valence-electron chi connectivity index (χ1n) is 10.6. The lowest BCUT2D eigenvalue weighted by Crippen LogP contribution is -2.33.